The van der Waals surface area contributed by atoms with Crippen LogP contribution in [-0.2, 0) is 9.59 Å². The lowest BCUT2D eigenvalue weighted by Crippen LogP contribution is -2.29. The molecule has 84 valence electrons. The third kappa shape index (κ3) is 2.09. The van der Waals surface area contributed by atoms with Crippen molar-refractivity contribution in [3.63, 3.8) is 0 Å². The van der Waals surface area contributed by atoms with Crippen molar-refractivity contribution in [3.05, 3.63) is 22.7 Å². The molecule has 0 bridgehead atoms. The summed E-state index contributed by atoms with van der Waals surface area (Å²) in [5, 5.41) is 2.78. The third-order valence-electron chi connectivity index (χ3n) is 2.47. The molecule has 0 aliphatic carbocycles. The first kappa shape index (κ1) is 11.1. The molecule has 0 unspecified atom stereocenters. The van der Waals surface area contributed by atoms with Crippen LogP contribution in [0.15, 0.2) is 22.7 Å². The first-order chi connectivity index (χ1) is 7.58. The zero-order valence-electron chi connectivity index (χ0n) is 8.79. The molecule has 0 saturated carbocycles. The van der Waals surface area contributed by atoms with E-state index in [0.29, 0.717) is 18.7 Å². The number of halogens is 1. The van der Waals surface area contributed by atoms with E-state index in [4.69, 9.17) is 0 Å². The third-order valence-corrected chi connectivity index (χ3v) is 2.96. The van der Waals surface area contributed by atoms with Gasteiger partial charge in [0.25, 0.3) is 0 Å². The molecule has 0 atom stereocenters. The Kier molecular flexibility index (Phi) is 2.96. The van der Waals surface area contributed by atoms with Crippen molar-refractivity contribution in [1.82, 2.24) is 0 Å². The van der Waals surface area contributed by atoms with E-state index < -0.39 is 0 Å². The monoisotopic (exact) mass is 282 g/mol. The SMILES string of the molecule is CC(=O)N1CCC(=O)Nc2ccc(Br)cc21. The van der Waals surface area contributed by atoms with E-state index in [9.17, 15) is 9.59 Å². The van der Waals surface area contributed by atoms with Crippen molar-refractivity contribution < 1.29 is 9.59 Å². The molecule has 1 N–H and O–H groups in total. The highest BCUT2D eigenvalue weighted by molar-refractivity contribution is 9.10. The van der Waals surface area contributed by atoms with Crippen molar-refractivity contribution >= 4 is 39.1 Å². The molecule has 0 saturated heterocycles. The van der Waals surface area contributed by atoms with Crippen molar-refractivity contribution in [2.24, 2.45) is 0 Å². The van der Waals surface area contributed by atoms with E-state index >= 15 is 0 Å². The van der Waals surface area contributed by atoms with Crippen LogP contribution in [0.25, 0.3) is 0 Å². The van der Waals surface area contributed by atoms with E-state index in [2.05, 4.69) is 21.2 Å². The largest absolute Gasteiger partial charge is 0.324 e. The predicted molar refractivity (Wildman–Crippen MR) is 65.4 cm³/mol. The molecule has 2 rings (SSSR count). The zero-order chi connectivity index (χ0) is 11.7. The summed E-state index contributed by atoms with van der Waals surface area (Å²) in [5.74, 6) is -0.122. The topological polar surface area (TPSA) is 49.4 Å². The van der Waals surface area contributed by atoms with Crippen LogP contribution in [0.4, 0.5) is 11.4 Å². The Bertz CT molecular complexity index is 459. The number of rotatable bonds is 0. The maximum Gasteiger partial charge on any atom is 0.226 e. The summed E-state index contributed by atoms with van der Waals surface area (Å²) in [6.07, 6.45) is 0.325. The molecule has 0 aromatic heterocycles. The highest BCUT2D eigenvalue weighted by Gasteiger charge is 2.21. The van der Waals surface area contributed by atoms with Gasteiger partial charge in [-0.1, -0.05) is 15.9 Å². The van der Waals surface area contributed by atoms with Crippen molar-refractivity contribution in [1.29, 1.82) is 0 Å². The Morgan fingerprint density at radius 3 is 2.94 bits per heavy atom. The van der Waals surface area contributed by atoms with Gasteiger partial charge >= 0.3 is 0 Å². The van der Waals surface area contributed by atoms with E-state index in [1.165, 1.54) is 6.92 Å². The van der Waals surface area contributed by atoms with Crippen LogP contribution in [0.1, 0.15) is 13.3 Å². The van der Waals surface area contributed by atoms with Gasteiger partial charge in [-0.2, -0.15) is 0 Å². The first-order valence-corrected chi connectivity index (χ1v) is 5.75. The van der Waals surface area contributed by atoms with Gasteiger partial charge in [-0.05, 0) is 18.2 Å². The molecule has 0 fully saturated rings. The second-order valence-corrected chi connectivity index (χ2v) is 4.55. The number of fused-ring (bicyclic) bond motifs is 1. The number of anilines is 2. The molecule has 1 aromatic carbocycles. The Morgan fingerprint density at radius 2 is 2.25 bits per heavy atom. The molecule has 1 aliphatic heterocycles. The summed E-state index contributed by atoms with van der Waals surface area (Å²) in [7, 11) is 0. The van der Waals surface area contributed by atoms with Gasteiger partial charge in [0.1, 0.15) is 0 Å². The summed E-state index contributed by atoms with van der Waals surface area (Å²) in [6.45, 7) is 1.92. The Labute approximate surface area is 102 Å². The summed E-state index contributed by atoms with van der Waals surface area (Å²) in [5.41, 5.74) is 1.42. The normalized spacial score (nSPS) is 15.1. The molecule has 1 heterocycles. The van der Waals surface area contributed by atoms with Gasteiger partial charge < -0.3 is 10.2 Å². The van der Waals surface area contributed by atoms with Crippen LogP contribution in [0, 0.1) is 0 Å². The number of hydrogen-bond donors (Lipinski definition) is 1. The molecular formula is C11H11BrN2O2. The molecular weight excluding hydrogens is 272 g/mol. The number of nitrogens with one attached hydrogen (secondary N) is 1. The highest BCUT2D eigenvalue weighted by atomic mass is 79.9. The number of benzene rings is 1. The van der Waals surface area contributed by atoms with E-state index in [1.807, 2.05) is 12.1 Å². The lowest BCUT2D eigenvalue weighted by molar-refractivity contribution is -0.117. The van der Waals surface area contributed by atoms with Gasteiger partial charge in [-0.15, -0.1) is 0 Å². The van der Waals surface area contributed by atoms with E-state index in [0.717, 1.165) is 10.2 Å². The minimum absolute atomic E-state index is 0.0594. The fourth-order valence-corrected chi connectivity index (χ4v) is 2.06. The molecule has 5 heteroatoms. The predicted octanol–water partition coefficient (Wildman–Crippen LogP) is 2.14. The fourth-order valence-electron chi connectivity index (χ4n) is 1.71. The van der Waals surface area contributed by atoms with Crippen LogP contribution < -0.4 is 10.2 Å². The van der Waals surface area contributed by atoms with Crippen LogP contribution in [0.5, 0.6) is 0 Å². The molecule has 1 aromatic rings. The lowest BCUT2D eigenvalue weighted by atomic mass is 10.2. The number of carbonyl (C=O) groups excluding carboxylic acids is 2. The van der Waals surface area contributed by atoms with Crippen molar-refractivity contribution in [2.75, 3.05) is 16.8 Å². The Balaban J connectivity index is 2.51. The summed E-state index contributed by atoms with van der Waals surface area (Å²) in [6, 6.07) is 5.46. The van der Waals surface area contributed by atoms with Crippen LogP contribution in [-0.4, -0.2) is 18.4 Å². The maximum absolute atomic E-state index is 11.5. The van der Waals surface area contributed by atoms with E-state index in [-0.39, 0.29) is 11.8 Å². The van der Waals surface area contributed by atoms with E-state index in [1.54, 1.807) is 11.0 Å². The molecule has 0 radical (unpaired) electrons. The molecule has 16 heavy (non-hydrogen) atoms. The van der Waals surface area contributed by atoms with Gasteiger partial charge in [0, 0.05) is 24.4 Å². The molecule has 4 nitrogen and oxygen atoms in total. The maximum atomic E-state index is 11.5. The Morgan fingerprint density at radius 1 is 1.50 bits per heavy atom. The summed E-state index contributed by atoms with van der Waals surface area (Å²) >= 11 is 3.36. The fraction of sp³-hybridized carbons (Fsp3) is 0.273. The standard InChI is InChI=1S/C11H11BrN2O2/c1-7(15)14-5-4-11(16)13-9-3-2-8(12)6-10(9)14/h2-3,6H,4-5H2,1H3,(H,13,16). The number of hydrogen-bond acceptors (Lipinski definition) is 2. The second kappa shape index (κ2) is 4.25. The average Bonchev–Trinajstić information content (AvgIpc) is 2.36. The smallest absolute Gasteiger partial charge is 0.226 e. The van der Waals surface area contributed by atoms with Gasteiger partial charge in [0.2, 0.25) is 11.8 Å². The number of carbonyl (C=O) groups is 2. The summed E-state index contributed by atoms with van der Waals surface area (Å²) < 4.78 is 0.883. The van der Waals surface area contributed by atoms with Gasteiger partial charge in [-0.3, -0.25) is 9.59 Å². The van der Waals surface area contributed by atoms with Crippen LogP contribution >= 0.6 is 15.9 Å². The second-order valence-electron chi connectivity index (χ2n) is 3.63. The molecule has 2 amide bonds. The van der Waals surface area contributed by atoms with Crippen molar-refractivity contribution in [2.45, 2.75) is 13.3 Å². The average molecular weight is 283 g/mol. The Hall–Kier alpha value is -1.36. The number of nitrogens with zero attached hydrogens (tertiary/aromatic N) is 1. The lowest BCUT2D eigenvalue weighted by Gasteiger charge is -2.20. The number of amides is 2. The van der Waals surface area contributed by atoms with Gasteiger partial charge in [-0.25, -0.2) is 0 Å². The zero-order valence-corrected chi connectivity index (χ0v) is 10.4. The van der Waals surface area contributed by atoms with Gasteiger partial charge in [0.15, 0.2) is 0 Å². The molecule has 0 spiro atoms. The molecule has 1 aliphatic rings. The first-order valence-electron chi connectivity index (χ1n) is 4.95. The quantitative estimate of drug-likeness (QED) is 0.793. The van der Waals surface area contributed by atoms with Crippen LogP contribution in [0.2, 0.25) is 0 Å². The summed E-state index contributed by atoms with van der Waals surface area (Å²) in [4.78, 5) is 24.6. The highest BCUT2D eigenvalue weighted by Crippen LogP contribution is 2.31. The van der Waals surface area contributed by atoms with Crippen molar-refractivity contribution in [3.8, 4) is 0 Å². The minimum Gasteiger partial charge on any atom is -0.324 e. The van der Waals surface area contributed by atoms with Crippen LogP contribution in [0.3, 0.4) is 0 Å². The van der Waals surface area contributed by atoms with Gasteiger partial charge in [0.05, 0.1) is 11.4 Å². The minimum atomic E-state index is -0.0627.